The second-order valence-electron chi connectivity index (χ2n) is 4.24. The third-order valence-corrected chi connectivity index (χ3v) is 2.83. The van der Waals surface area contributed by atoms with Gasteiger partial charge in [-0.1, -0.05) is 5.16 Å². The number of phenols is 1. The highest BCUT2D eigenvalue weighted by molar-refractivity contribution is 5.63. The molecular formula is C14H11N3O4. The molecule has 1 aromatic carbocycles. The lowest BCUT2D eigenvalue weighted by Gasteiger charge is -2.03. The van der Waals surface area contributed by atoms with Crippen molar-refractivity contribution in [3.05, 3.63) is 36.7 Å². The lowest BCUT2D eigenvalue weighted by Crippen LogP contribution is -1.86. The molecule has 0 radical (unpaired) electrons. The average Bonchev–Trinajstić information content (AvgIpc) is 2.97. The smallest absolute Gasteiger partial charge is 0.259 e. The van der Waals surface area contributed by atoms with Crippen LogP contribution in [0, 0.1) is 0 Å². The average molecular weight is 285 g/mol. The molecule has 3 aromatic rings. The molecule has 3 rings (SSSR count). The number of ether oxygens (including phenoxy) is 1. The Labute approximate surface area is 119 Å². The first-order valence-corrected chi connectivity index (χ1v) is 6.03. The molecule has 0 amide bonds. The molecule has 0 atom stereocenters. The Morgan fingerprint density at radius 1 is 1.10 bits per heavy atom. The summed E-state index contributed by atoms with van der Waals surface area (Å²) < 4.78 is 10.2. The standard InChI is InChI=1S/C14H11N3O4/c1-20-12-5-8(2-3-11(12)19)13-16-14(21-17-13)9-4-10(18)7-15-6-9/h2-7,18-19H,1H3. The number of hydrogen-bond acceptors (Lipinski definition) is 7. The van der Waals surface area contributed by atoms with Crippen LogP contribution in [-0.2, 0) is 0 Å². The fourth-order valence-electron chi connectivity index (χ4n) is 1.82. The van der Waals surface area contributed by atoms with Crippen LogP contribution in [0.3, 0.4) is 0 Å². The first-order chi connectivity index (χ1) is 10.2. The van der Waals surface area contributed by atoms with Gasteiger partial charge in [-0.05, 0) is 24.3 Å². The zero-order valence-corrected chi connectivity index (χ0v) is 11.0. The van der Waals surface area contributed by atoms with Gasteiger partial charge >= 0.3 is 0 Å². The fourth-order valence-corrected chi connectivity index (χ4v) is 1.82. The Hall–Kier alpha value is -3.09. The van der Waals surface area contributed by atoms with E-state index in [-0.39, 0.29) is 17.4 Å². The lowest BCUT2D eigenvalue weighted by molar-refractivity contribution is 0.373. The maximum Gasteiger partial charge on any atom is 0.259 e. The minimum atomic E-state index is 0.0125. The van der Waals surface area contributed by atoms with E-state index in [1.54, 1.807) is 12.1 Å². The summed E-state index contributed by atoms with van der Waals surface area (Å²) in [4.78, 5) is 8.08. The number of phenolic OH excluding ortho intramolecular Hbond substituents is 1. The van der Waals surface area contributed by atoms with Crippen molar-refractivity contribution < 1.29 is 19.5 Å². The number of methoxy groups -OCH3 is 1. The van der Waals surface area contributed by atoms with Gasteiger partial charge in [-0.2, -0.15) is 4.98 Å². The summed E-state index contributed by atoms with van der Waals surface area (Å²) >= 11 is 0. The quantitative estimate of drug-likeness (QED) is 0.760. The normalized spacial score (nSPS) is 10.5. The highest BCUT2D eigenvalue weighted by atomic mass is 16.5. The predicted molar refractivity (Wildman–Crippen MR) is 72.8 cm³/mol. The second-order valence-corrected chi connectivity index (χ2v) is 4.24. The van der Waals surface area contributed by atoms with Crippen LogP contribution in [-0.4, -0.2) is 32.4 Å². The molecule has 0 spiro atoms. The van der Waals surface area contributed by atoms with Crippen molar-refractivity contribution in [1.29, 1.82) is 0 Å². The van der Waals surface area contributed by atoms with Crippen LogP contribution in [0.25, 0.3) is 22.8 Å². The van der Waals surface area contributed by atoms with Crippen molar-refractivity contribution in [2.24, 2.45) is 0 Å². The molecular weight excluding hydrogens is 274 g/mol. The molecule has 0 fully saturated rings. The summed E-state index contributed by atoms with van der Waals surface area (Å²) in [6.45, 7) is 0. The molecule has 0 saturated heterocycles. The van der Waals surface area contributed by atoms with Crippen LogP contribution in [0.15, 0.2) is 41.2 Å². The van der Waals surface area contributed by atoms with Crippen LogP contribution < -0.4 is 4.74 Å². The third-order valence-electron chi connectivity index (χ3n) is 2.83. The molecule has 21 heavy (non-hydrogen) atoms. The topological polar surface area (TPSA) is 102 Å². The first kappa shape index (κ1) is 12.9. The van der Waals surface area contributed by atoms with Crippen LogP contribution in [0.4, 0.5) is 0 Å². The summed E-state index contributed by atoms with van der Waals surface area (Å²) in [5, 5.41) is 22.8. The second kappa shape index (κ2) is 5.12. The number of nitrogens with zero attached hydrogens (tertiary/aromatic N) is 3. The van der Waals surface area contributed by atoms with Crippen LogP contribution in [0.5, 0.6) is 17.2 Å². The fraction of sp³-hybridized carbons (Fsp3) is 0.0714. The number of benzene rings is 1. The first-order valence-electron chi connectivity index (χ1n) is 6.03. The van der Waals surface area contributed by atoms with E-state index < -0.39 is 0 Å². The number of rotatable bonds is 3. The Morgan fingerprint density at radius 3 is 2.71 bits per heavy atom. The van der Waals surface area contributed by atoms with Crippen molar-refractivity contribution in [1.82, 2.24) is 15.1 Å². The van der Waals surface area contributed by atoms with Gasteiger partial charge in [-0.3, -0.25) is 4.98 Å². The summed E-state index contributed by atoms with van der Waals surface area (Å²) in [6, 6.07) is 6.21. The van der Waals surface area contributed by atoms with Crippen molar-refractivity contribution in [2.45, 2.75) is 0 Å². The van der Waals surface area contributed by atoms with Crippen LogP contribution in [0.2, 0.25) is 0 Å². The van der Waals surface area contributed by atoms with Gasteiger partial charge in [0.05, 0.1) is 18.9 Å². The van der Waals surface area contributed by atoms with Gasteiger partial charge < -0.3 is 19.5 Å². The van der Waals surface area contributed by atoms with E-state index in [0.29, 0.717) is 22.7 Å². The lowest BCUT2D eigenvalue weighted by atomic mass is 10.2. The molecule has 0 saturated carbocycles. The molecule has 7 heteroatoms. The highest BCUT2D eigenvalue weighted by Crippen LogP contribution is 2.31. The summed E-state index contributed by atoms with van der Waals surface area (Å²) in [5.74, 6) is 0.936. The Morgan fingerprint density at radius 2 is 1.95 bits per heavy atom. The number of aromatic hydroxyl groups is 2. The number of aromatic nitrogens is 3. The molecule has 2 aromatic heterocycles. The number of hydrogen-bond donors (Lipinski definition) is 2. The summed E-state index contributed by atoms with van der Waals surface area (Å²) in [7, 11) is 1.46. The van der Waals surface area contributed by atoms with Gasteiger partial charge in [-0.25, -0.2) is 0 Å². The van der Waals surface area contributed by atoms with Crippen LogP contribution >= 0.6 is 0 Å². The maximum absolute atomic E-state index is 9.57. The zero-order valence-electron chi connectivity index (χ0n) is 11.0. The van der Waals surface area contributed by atoms with Crippen LogP contribution in [0.1, 0.15) is 0 Å². The van der Waals surface area contributed by atoms with Crippen molar-refractivity contribution >= 4 is 0 Å². The Kier molecular flexibility index (Phi) is 3.15. The van der Waals surface area contributed by atoms with E-state index in [9.17, 15) is 10.2 Å². The molecule has 0 unspecified atom stereocenters. The molecule has 0 bridgehead atoms. The Balaban J connectivity index is 1.98. The SMILES string of the molecule is COc1cc(-c2noc(-c3cncc(O)c3)n2)ccc1O. The molecule has 0 aliphatic rings. The monoisotopic (exact) mass is 285 g/mol. The van der Waals surface area contributed by atoms with E-state index >= 15 is 0 Å². The highest BCUT2D eigenvalue weighted by Gasteiger charge is 2.13. The van der Waals surface area contributed by atoms with E-state index in [0.717, 1.165) is 0 Å². The van der Waals surface area contributed by atoms with E-state index in [1.807, 2.05) is 0 Å². The van der Waals surface area contributed by atoms with Gasteiger partial charge in [0.25, 0.3) is 5.89 Å². The predicted octanol–water partition coefficient (Wildman–Crippen LogP) is 2.22. The van der Waals surface area contributed by atoms with Crippen molar-refractivity contribution in [2.75, 3.05) is 7.11 Å². The minimum Gasteiger partial charge on any atom is -0.506 e. The van der Waals surface area contributed by atoms with Gasteiger partial charge in [0, 0.05) is 11.8 Å². The third kappa shape index (κ3) is 2.48. The maximum atomic E-state index is 9.57. The van der Waals surface area contributed by atoms with Gasteiger partial charge in [0.2, 0.25) is 5.82 Å². The molecule has 2 heterocycles. The van der Waals surface area contributed by atoms with Gasteiger partial charge in [0.15, 0.2) is 11.5 Å². The zero-order chi connectivity index (χ0) is 14.8. The van der Waals surface area contributed by atoms with Crippen molar-refractivity contribution in [3.63, 3.8) is 0 Å². The minimum absolute atomic E-state index is 0.0125. The summed E-state index contributed by atoms with van der Waals surface area (Å²) in [5.41, 5.74) is 1.15. The molecule has 106 valence electrons. The number of pyridine rings is 1. The summed E-state index contributed by atoms with van der Waals surface area (Å²) in [6.07, 6.45) is 2.82. The molecule has 7 nitrogen and oxygen atoms in total. The van der Waals surface area contributed by atoms with E-state index in [2.05, 4.69) is 15.1 Å². The molecule has 0 aliphatic heterocycles. The van der Waals surface area contributed by atoms with Gasteiger partial charge in [0.1, 0.15) is 5.75 Å². The van der Waals surface area contributed by atoms with E-state index in [4.69, 9.17) is 9.26 Å². The van der Waals surface area contributed by atoms with E-state index in [1.165, 1.54) is 31.6 Å². The molecule has 2 N–H and O–H groups in total. The Bertz CT molecular complexity index is 785. The largest absolute Gasteiger partial charge is 0.506 e. The van der Waals surface area contributed by atoms with Crippen molar-refractivity contribution in [3.8, 4) is 40.1 Å². The molecule has 0 aliphatic carbocycles. The van der Waals surface area contributed by atoms with Gasteiger partial charge in [-0.15, -0.1) is 0 Å².